The van der Waals surface area contributed by atoms with E-state index in [1.807, 2.05) is 0 Å². The summed E-state index contributed by atoms with van der Waals surface area (Å²) < 4.78 is 0. The van der Waals surface area contributed by atoms with E-state index >= 15 is 0 Å². The summed E-state index contributed by atoms with van der Waals surface area (Å²) in [6.45, 7) is 4.69. The number of nitrogens with one attached hydrogen (secondary N) is 1. The molecule has 4 atom stereocenters. The van der Waals surface area contributed by atoms with Crippen LogP contribution in [0, 0.1) is 0 Å². The molecule has 2 aliphatic rings. The van der Waals surface area contributed by atoms with Gasteiger partial charge in [-0.3, -0.25) is 0 Å². The van der Waals surface area contributed by atoms with Gasteiger partial charge in [-0.2, -0.15) is 23.5 Å². The summed E-state index contributed by atoms with van der Waals surface area (Å²) in [5, 5.41) is 5.55. The van der Waals surface area contributed by atoms with E-state index < -0.39 is 0 Å². The maximum Gasteiger partial charge on any atom is 0.0171 e. The van der Waals surface area contributed by atoms with Crippen LogP contribution < -0.4 is 5.32 Å². The molecule has 4 unspecified atom stereocenters. The molecule has 1 N–H and O–H groups in total. The second-order valence-electron chi connectivity index (χ2n) is 4.32. The molecule has 2 fully saturated rings. The molecule has 0 aliphatic carbocycles. The summed E-state index contributed by atoms with van der Waals surface area (Å²) in [6.07, 6.45) is 2.75. The highest BCUT2D eigenvalue weighted by Crippen LogP contribution is 2.30. The summed E-state index contributed by atoms with van der Waals surface area (Å²) >= 11 is 4.24. The van der Waals surface area contributed by atoms with Crippen LogP contribution in [0.5, 0.6) is 0 Å². The monoisotopic (exact) mass is 217 g/mol. The largest absolute Gasteiger partial charge is 0.310 e. The van der Waals surface area contributed by atoms with E-state index in [0.717, 1.165) is 22.6 Å². The molecule has 2 rings (SSSR count). The molecule has 0 radical (unpaired) electrons. The fraction of sp³-hybridized carbons (Fsp3) is 1.00. The third kappa shape index (κ3) is 2.80. The minimum absolute atomic E-state index is 0.802. The third-order valence-electron chi connectivity index (χ3n) is 2.87. The molecule has 1 nitrogen and oxygen atoms in total. The zero-order valence-electron chi connectivity index (χ0n) is 8.45. The van der Waals surface area contributed by atoms with Crippen molar-refractivity contribution in [2.24, 2.45) is 0 Å². The smallest absolute Gasteiger partial charge is 0.0171 e. The zero-order valence-corrected chi connectivity index (χ0v) is 10.1. The van der Waals surface area contributed by atoms with E-state index in [1.165, 1.54) is 24.3 Å². The summed E-state index contributed by atoms with van der Waals surface area (Å²) in [5.74, 6) is 2.66. The van der Waals surface area contributed by atoms with Crippen LogP contribution in [0.1, 0.15) is 26.7 Å². The second-order valence-corrected chi connectivity index (χ2v) is 7.26. The van der Waals surface area contributed by atoms with Crippen molar-refractivity contribution in [3.63, 3.8) is 0 Å². The maximum atomic E-state index is 3.80. The van der Waals surface area contributed by atoms with Crippen LogP contribution in [-0.4, -0.2) is 34.1 Å². The van der Waals surface area contributed by atoms with Crippen LogP contribution >= 0.6 is 23.5 Å². The number of rotatable bonds is 2. The maximum absolute atomic E-state index is 3.80. The topological polar surface area (TPSA) is 12.0 Å². The van der Waals surface area contributed by atoms with Gasteiger partial charge in [0.1, 0.15) is 0 Å². The van der Waals surface area contributed by atoms with Crippen LogP contribution in [0.15, 0.2) is 0 Å². The standard InChI is InChI=1S/C10H19NS2/c1-7-3-9(5-12-7)11-10-4-8(2)13-6-10/h7-11H,3-6H2,1-2H3. The SMILES string of the molecule is CC1CC(NC2CSC(C)C2)CS1. The Morgan fingerprint density at radius 1 is 0.923 bits per heavy atom. The lowest BCUT2D eigenvalue weighted by Gasteiger charge is -2.17. The lowest BCUT2D eigenvalue weighted by Crippen LogP contribution is -2.38. The molecule has 2 aliphatic heterocycles. The molecule has 0 bridgehead atoms. The van der Waals surface area contributed by atoms with Gasteiger partial charge in [-0.1, -0.05) is 13.8 Å². The predicted molar refractivity (Wildman–Crippen MR) is 63.8 cm³/mol. The van der Waals surface area contributed by atoms with Crippen molar-refractivity contribution >= 4 is 23.5 Å². The summed E-state index contributed by atoms with van der Waals surface area (Å²) in [6, 6.07) is 1.60. The van der Waals surface area contributed by atoms with E-state index in [4.69, 9.17) is 0 Å². The fourth-order valence-corrected chi connectivity index (χ4v) is 4.52. The number of hydrogen-bond donors (Lipinski definition) is 1. The van der Waals surface area contributed by atoms with Gasteiger partial charge in [0, 0.05) is 34.1 Å². The van der Waals surface area contributed by atoms with E-state index in [-0.39, 0.29) is 0 Å². The Labute approximate surface area is 89.8 Å². The van der Waals surface area contributed by atoms with Crippen molar-refractivity contribution in [2.45, 2.75) is 49.3 Å². The Morgan fingerprint density at radius 3 is 1.69 bits per heavy atom. The van der Waals surface area contributed by atoms with E-state index in [1.54, 1.807) is 0 Å². The Bertz CT molecular complexity index is 156. The van der Waals surface area contributed by atoms with Gasteiger partial charge in [0.05, 0.1) is 0 Å². The van der Waals surface area contributed by atoms with Gasteiger partial charge >= 0.3 is 0 Å². The first-order chi connectivity index (χ1) is 6.24. The molecule has 13 heavy (non-hydrogen) atoms. The fourth-order valence-electron chi connectivity index (χ4n) is 2.20. The normalized spacial score (nSPS) is 45.7. The van der Waals surface area contributed by atoms with E-state index in [9.17, 15) is 0 Å². The molecule has 0 aromatic heterocycles. The van der Waals surface area contributed by atoms with Gasteiger partial charge in [-0.15, -0.1) is 0 Å². The van der Waals surface area contributed by atoms with Crippen molar-refractivity contribution in [1.82, 2.24) is 5.32 Å². The number of thioether (sulfide) groups is 2. The highest BCUT2D eigenvalue weighted by Gasteiger charge is 2.27. The van der Waals surface area contributed by atoms with Gasteiger partial charge in [0.2, 0.25) is 0 Å². The summed E-state index contributed by atoms with van der Waals surface area (Å²) in [7, 11) is 0. The van der Waals surface area contributed by atoms with E-state index in [2.05, 4.69) is 42.7 Å². The minimum atomic E-state index is 0.802. The van der Waals surface area contributed by atoms with Crippen molar-refractivity contribution in [3.8, 4) is 0 Å². The highest BCUT2D eigenvalue weighted by atomic mass is 32.2. The van der Waals surface area contributed by atoms with Crippen LogP contribution in [0.2, 0.25) is 0 Å². The number of hydrogen-bond acceptors (Lipinski definition) is 3. The molecule has 3 heteroatoms. The molecular weight excluding hydrogens is 198 g/mol. The van der Waals surface area contributed by atoms with Gasteiger partial charge in [-0.25, -0.2) is 0 Å². The zero-order chi connectivity index (χ0) is 9.26. The third-order valence-corrected chi connectivity index (χ3v) is 5.58. The lowest BCUT2D eigenvalue weighted by molar-refractivity contribution is 0.458. The lowest BCUT2D eigenvalue weighted by atomic mass is 10.1. The van der Waals surface area contributed by atoms with Crippen molar-refractivity contribution in [2.75, 3.05) is 11.5 Å². The summed E-state index contributed by atoms with van der Waals surface area (Å²) in [5.41, 5.74) is 0. The molecule has 0 saturated carbocycles. The molecule has 0 amide bonds. The van der Waals surface area contributed by atoms with Gasteiger partial charge in [-0.05, 0) is 12.8 Å². The molecular formula is C10H19NS2. The van der Waals surface area contributed by atoms with Crippen LogP contribution in [0.3, 0.4) is 0 Å². The summed E-state index contributed by atoms with van der Waals surface area (Å²) in [4.78, 5) is 0. The minimum Gasteiger partial charge on any atom is -0.310 e. The average Bonchev–Trinajstić information content (AvgIpc) is 2.62. The average molecular weight is 217 g/mol. The molecule has 2 saturated heterocycles. The van der Waals surface area contributed by atoms with Crippen LogP contribution in [0.4, 0.5) is 0 Å². The molecule has 0 spiro atoms. The Balaban J connectivity index is 1.72. The Kier molecular flexibility index (Phi) is 3.49. The molecule has 0 aromatic rings. The molecule has 2 heterocycles. The van der Waals surface area contributed by atoms with Crippen molar-refractivity contribution < 1.29 is 0 Å². The Morgan fingerprint density at radius 2 is 1.38 bits per heavy atom. The van der Waals surface area contributed by atoms with Gasteiger partial charge < -0.3 is 5.32 Å². The van der Waals surface area contributed by atoms with Gasteiger partial charge in [0.25, 0.3) is 0 Å². The predicted octanol–water partition coefficient (Wildman–Crippen LogP) is 2.36. The van der Waals surface area contributed by atoms with Gasteiger partial charge in [0.15, 0.2) is 0 Å². The van der Waals surface area contributed by atoms with Crippen LogP contribution in [-0.2, 0) is 0 Å². The highest BCUT2D eigenvalue weighted by molar-refractivity contribution is 8.00. The van der Waals surface area contributed by atoms with Crippen LogP contribution in [0.25, 0.3) is 0 Å². The first kappa shape index (κ1) is 10.2. The van der Waals surface area contributed by atoms with Crippen molar-refractivity contribution in [3.05, 3.63) is 0 Å². The molecule has 76 valence electrons. The second kappa shape index (κ2) is 4.45. The van der Waals surface area contributed by atoms with Crippen molar-refractivity contribution in [1.29, 1.82) is 0 Å². The first-order valence-electron chi connectivity index (χ1n) is 5.23. The molecule has 0 aromatic carbocycles. The first-order valence-corrected chi connectivity index (χ1v) is 7.33. The Hall–Kier alpha value is 0.660. The van der Waals surface area contributed by atoms with E-state index in [0.29, 0.717) is 0 Å². The quantitative estimate of drug-likeness (QED) is 0.762.